The van der Waals surface area contributed by atoms with E-state index in [1.807, 2.05) is 6.07 Å². The number of hydrogen-bond donors (Lipinski definition) is 1. The van der Waals surface area contributed by atoms with Gasteiger partial charge in [0.25, 0.3) is 5.91 Å². The lowest BCUT2D eigenvalue weighted by Crippen LogP contribution is -2.27. The van der Waals surface area contributed by atoms with E-state index < -0.39 is 0 Å². The molecule has 0 aliphatic carbocycles. The molecular formula is C22H25N5O5. The van der Waals surface area contributed by atoms with E-state index >= 15 is 0 Å². The molecule has 1 aromatic carbocycles. The highest BCUT2D eigenvalue weighted by Gasteiger charge is 2.12. The van der Waals surface area contributed by atoms with Gasteiger partial charge in [0, 0.05) is 51.4 Å². The second kappa shape index (κ2) is 10.9. The molecule has 32 heavy (non-hydrogen) atoms. The standard InChI is InChI=1S/C22H25N5O5/c1-27(2)21(29)14-31-17-7-6-15(11-18(17)30-3)12-24-19(28)8-9-20-25-22(26-32-20)16-5-4-10-23-13-16/h4-7,10-11,13H,8-9,12,14H2,1-3H3,(H,24,28). The largest absolute Gasteiger partial charge is 0.493 e. The van der Waals surface area contributed by atoms with Crippen LogP contribution in [-0.2, 0) is 22.6 Å². The first-order valence-corrected chi connectivity index (χ1v) is 9.96. The van der Waals surface area contributed by atoms with Crippen LogP contribution in [0.4, 0.5) is 0 Å². The summed E-state index contributed by atoms with van der Waals surface area (Å²) in [6.07, 6.45) is 3.85. The fourth-order valence-corrected chi connectivity index (χ4v) is 2.69. The number of nitrogens with one attached hydrogen (secondary N) is 1. The number of aryl methyl sites for hydroxylation is 1. The topological polar surface area (TPSA) is 120 Å². The summed E-state index contributed by atoms with van der Waals surface area (Å²) < 4.78 is 16.1. The Hall–Kier alpha value is -3.95. The van der Waals surface area contributed by atoms with Crippen molar-refractivity contribution in [2.24, 2.45) is 0 Å². The molecule has 2 amide bonds. The van der Waals surface area contributed by atoms with Crippen molar-refractivity contribution in [1.29, 1.82) is 0 Å². The first-order chi connectivity index (χ1) is 15.5. The summed E-state index contributed by atoms with van der Waals surface area (Å²) in [5, 5.41) is 6.76. The van der Waals surface area contributed by atoms with Crippen molar-refractivity contribution >= 4 is 11.8 Å². The van der Waals surface area contributed by atoms with E-state index in [1.165, 1.54) is 12.0 Å². The van der Waals surface area contributed by atoms with Crippen molar-refractivity contribution in [1.82, 2.24) is 25.3 Å². The highest BCUT2D eigenvalue weighted by atomic mass is 16.5. The van der Waals surface area contributed by atoms with Gasteiger partial charge in [0.1, 0.15) is 0 Å². The van der Waals surface area contributed by atoms with Crippen LogP contribution in [0, 0.1) is 0 Å². The number of nitrogens with zero attached hydrogens (tertiary/aromatic N) is 4. The Balaban J connectivity index is 1.48. The van der Waals surface area contributed by atoms with Gasteiger partial charge >= 0.3 is 0 Å². The zero-order valence-electron chi connectivity index (χ0n) is 18.2. The second-order valence-electron chi connectivity index (χ2n) is 7.09. The highest BCUT2D eigenvalue weighted by Crippen LogP contribution is 2.28. The van der Waals surface area contributed by atoms with Crippen LogP contribution >= 0.6 is 0 Å². The zero-order valence-corrected chi connectivity index (χ0v) is 18.2. The van der Waals surface area contributed by atoms with Crippen molar-refractivity contribution in [3.05, 3.63) is 54.2 Å². The van der Waals surface area contributed by atoms with Crippen LogP contribution in [0.1, 0.15) is 17.9 Å². The molecule has 0 aliphatic rings. The second-order valence-corrected chi connectivity index (χ2v) is 7.09. The SMILES string of the molecule is COc1cc(CNC(=O)CCc2nc(-c3cccnc3)no2)ccc1OCC(=O)N(C)C. The predicted molar refractivity (Wildman–Crippen MR) is 115 cm³/mol. The minimum absolute atomic E-state index is 0.0857. The third kappa shape index (κ3) is 6.27. The fourth-order valence-electron chi connectivity index (χ4n) is 2.69. The molecule has 0 saturated heterocycles. The van der Waals surface area contributed by atoms with Gasteiger partial charge < -0.3 is 24.2 Å². The highest BCUT2D eigenvalue weighted by molar-refractivity contribution is 5.77. The number of carbonyl (C=O) groups is 2. The van der Waals surface area contributed by atoms with Gasteiger partial charge in [-0.25, -0.2) is 0 Å². The van der Waals surface area contributed by atoms with Crippen molar-refractivity contribution in [2.75, 3.05) is 27.8 Å². The lowest BCUT2D eigenvalue weighted by atomic mass is 10.2. The number of hydrogen-bond acceptors (Lipinski definition) is 8. The number of ether oxygens (including phenoxy) is 2. The monoisotopic (exact) mass is 439 g/mol. The quantitative estimate of drug-likeness (QED) is 0.508. The number of carbonyl (C=O) groups excluding carboxylic acids is 2. The Morgan fingerprint density at radius 3 is 2.75 bits per heavy atom. The molecular weight excluding hydrogens is 414 g/mol. The Morgan fingerprint density at radius 1 is 1.19 bits per heavy atom. The van der Waals surface area contributed by atoms with E-state index in [-0.39, 0.29) is 24.8 Å². The first-order valence-electron chi connectivity index (χ1n) is 9.96. The van der Waals surface area contributed by atoms with E-state index in [0.717, 1.165) is 11.1 Å². The maximum absolute atomic E-state index is 12.2. The molecule has 168 valence electrons. The molecule has 10 heteroatoms. The molecule has 2 aromatic heterocycles. The molecule has 10 nitrogen and oxygen atoms in total. The minimum Gasteiger partial charge on any atom is -0.493 e. The van der Waals surface area contributed by atoms with Crippen LogP contribution in [0.3, 0.4) is 0 Å². The van der Waals surface area contributed by atoms with Crippen LogP contribution in [0.2, 0.25) is 0 Å². The van der Waals surface area contributed by atoms with E-state index in [0.29, 0.717) is 36.2 Å². The van der Waals surface area contributed by atoms with Gasteiger partial charge in [0.2, 0.25) is 17.6 Å². The Labute approximate surface area is 185 Å². The molecule has 0 unspecified atom stereocenters. The van der Waals surface area contributed by atoms with Gasteiger partial charge in [0.15, 0.2) is 18.1 Å². The van der Waals surface area contributed by atoms with Crippen LogP contribution in [0.15, 0.2) is 47.2 Å². The molecule has 0 saturated carbocycles. The lowest BCUT2D eigenvalue weighted by molar-refractivity contribution is -0.130. The van der Waals surface area contributed by atoms with Gasteiger partial charge in [-0.05, 0) is 29.8 Å². The minimum atomic E-state index is -0.155. The Bertz CT molecular complexity index is 1050. The summed E-state index contributed by atoms with van der Waals surface area (Å²) >= 11 is 0. The molecule has 0 fully saturated rings. The predicted octanol–water partition coefficient (Wildman–Crippen LogP) is 1.86. The molecule has 3 rings (SSSR count). The van der Waals surface area contributed by atoms with E-state index in [4.69, 9.17) is 14.0 Å². The lowest BCUT2D eigenvalue weighted by Gasteiger charge is -2.14. The van der Waals surface area contributed by atoms with Crippen molar-refractivity contribution in [3.8, 4) is 22.9 Å². The van der Waals surface area contributed by atoms with E-state index in [1.54, 1.807) is 50.8 Å². The van der Waals surface area contributed by atoms with Gasteiger partial charge in [-0.2, -0.15) is 4.98 Å². The number of rotatable bonds is 10. The van der Waals surface area contributed by atoms with Gasteiger partial charge in [-0.1, -0.05) is 11.2 Å². The fraction of sp³-hybridized carbons (Fsp3) is 0.318. The van der Waals surface area contributed by atoms with Crippen molar-refractivity contribution in [3.63, 3.8) is 0 Å². The maximum Gasteiger partial charge on any atom is 0.259 e. The number of benzene rings is 1. The normalized spacial score (nSPS) is 10.5. The number of amides is 2. The average molecular weight is 439 g/mol. The van der Waals surface area contributed by atoms with E-state index in [2.05, 4.69) is 20.4 Å². The molecule has 3 aromatic rings. The number of methoxy groups -OCH3 is 1. The van der Waals surface area contributed by atoms with Gasteiger partial charge in [-0.3, -0.25) is 14.6 Å². The summed E-state index contributed by atoms with van der Waals surface area (Å²) in [4.78, 5) is 33.7. The van der Waals surface area contributed by atoms with Crippen molar-refractivity contribution < 1.29 is 23.6 Å². The third-order valence-electron chi connectivity index (χ3n) is 4.52. The van der Waals surface area contributed by atoms with Crippen LogP contribution in [0.5, 0.6) is 11.5 Å². The first kappa shape index (κ1) is 22.7. The summed E-state index contributed by atoms with van der Waals surface area (Å²) in [7, 11) is 4.84. The summed E-state index contributed by atoms with van der Waals surface area (Å²) in [5.74, 6) is 1.46. The van der Waals surface area contributed by atoms with Crippen LogP contribution < -0.4 is 14.8 Å². The maximum atomic E-state index is 12.2. The number of pyridine rings is 1. The van der Waals surface area contributed by atoms with E-state index in [9.17, 15) is 9.59 Å². The summed E-state index contributed by atoms with van der Waals surface area (Å²) in [6.45, 7) is 0.231. The zero-order chi connectivity index (χ0) is 22.9. The molecule has 1 N–H and O–H groups in total. The Morgan fingerprint density at radius 2 is 2.03 bits per heavy atom. The molecule has 0 radical (unpaired) electrons. The number of likely N-dealkylation sites (N-methyl/N-ethyl adjacent to an activating group) is 1. The molecule has 0 atom stereocenters. The summed E-state index contributed by atoms with van der Waals surface area (Å²) in [5.41, 5.74) is 1.58. The Kier molecular flexibility index (Phi) is 7.74. The van der Waals surface area contributed by atoms with Gasteiger partial charge in [-0.15, -0.1) is 0 Å². The molecule has 0 bridgehead atoms. The van der Waals surface area contributed by atoms with Crippen molar-refractivity contribution in [2.45, 2.75) is 19.4 Å². The molecule has 2 heterocycles. The van der Waals surface area contributed by atoms with Gasteiger partial charge in [0.05, 0.1) is 7.11 Å². The smallest absolute Gasteiger partial charge is 0.259 e. The molecule has 0 spiro atoms. The average Bonchev–Trinajstić information content (AvgIpc) is 3.29. The van der Waals surface area contributed by atoms with Crippen LogP contribution in [-0.4, -0.2) is 59.7 Å². The van der Waals surface area contributed by atoms with Crippen LogP contribution in [0.25, 0.3) is 11.4 Å². The summed E-state index contributed by atoms with van der Waals surface area (Å²) in [6, 6.07) is 8.89. The molecule has 0 aliphatic heterocycles. The third-order valence-corrected chi connectivity index (χ3v) is 4.52. The number of aromatic nitrogens is 3.